The lowest BCUT2D eigenvalue weighted by Crippen LogP contribution is -2.13. The average molecular weight is 431 g/mol. The van der Waals surface area contributed by atoms with Gasteiger partial charge in [-0.2, -0.15) is 0 Å². The van der Waals surface area contributed by atoms with Gasteiger partial charge in [-0.15, -0.1) is 0 Å². The van der Waals surface area contributed by atoms with Crippen molar-refractivity contribution in [3.05, 3.63) is 107 Å². The van der Waals surface area contributed by atoms with E-state index in [1.807, 2.05) is 0 Å². The van der Waals surface area contributed by atoms with Gasteiger partial charge in [0.1, 0.15) is 0 Å². The highest BCUT2D eigenvalue weighted by molar-refractivity contribution is 5.87. The second-order valence-electron chi connectivity index (χ2n) is 11.5. The quantitative estimate of drug-likeness (QED) is 0.262. The molecular formula is C33H34. The third-order valence-corrected chi connectivity index (χ3v) is 6.94. The van der Waals surface area contributed by atoms with E-state index in [1.165, 1.54) is 55.6 Å². The molecule has 0 heteroatoms. The molecule has 0 N–H and O–H groups in total. The van der Waals surface area contributed by atoms with Crippen molar-refractivity contribution in [3.8, 4) is 33.4 Å². The molecule has 0 aromatic heterocycles. The van der Waals surface area contributed by atoms with Crippen LogP contribution in [0, 0.1) is 0 Å². The van der Waals surface area contributed by atoms with Gasteiger partial charge in [-0.25, -0.2) is 0 Å². The first-order valence-electron chi connectivity index (χ1n) is 12.1. The average Bonchev–Trinajstić information content (AvgIpc) is 3.14. The van der Waals surface area contributed by atoms with E-state index in [2.05, 4.69) is 126 Å². The highest BCUT2D eigenvalue weighted by Crippen LogP contribution is 2.47. The van der Waals surface area contributed by atoms with Crippen molar-refractivity contribution in [1.29, 1.82) is 0 Å². The number of hydrogen-bond acceptors (Lipinski definition) is 0. The largest absolute Gasteiger partial charge is 0.0622 e. The topological polar surface area (TPSA) is 0 Å². The molecule has 0 unspecified atom stereocenters. The third kappa shape index (κ3) is 3.93. The summed E-state index contributed by atoms with van der Waals surface area (Å²) in [6.45, 7) is 14.0. The van der Waals surface area contributed by atoms with E-state index in [0.29, 0.717) is 0 Å². The van der Waals surface area contributed by atoms with Crippen molar-refractivity contribution in [3.63, 3.8) is 0 Å². The Kier molecular flexibility index (Phi) is 5.09. The Morgan fingerprint density at radius 1 is 0.455 bits per heavy atom. The summed E-state index contributed by atoms with van der Waals surface area (Å²) in [5.41, 5.74) is 14.1. The molecule has 0 saturated carbocycles. The minimum Gasteiger partial charge on any atom is -0.0622 e. The van der Waals surface area contributed by atoms with E-state index in [9.17, 15) is 0 Å². The fourth-order valence-corrected chi connectivity index (χ4v) is 5.24. The third-order valence-electron chi connectivity index (χ3n) is 6.94. The van der Waals surface area contributed by atoms with Crippen molar-refractivity contribution in [2.45, 2.75) is 58.8 Å². The van der Waals surface area contributed by atoms with Crippen LogP contribution in [0.1, 0.15) is 63.8 Å². The molecule has 0 saturated heterocycles. The Labute approximate surface area is 199 Å². The van der Waals surface area contributed by atoms with Gasteiger partial charge in [0.05, 0.1) is 0 Å². The molecule has 1 aliphatic rings. The van der Waals surface area contributed by atoms with Crippen LogP contribution >= 0.6 is 0 Å². The second-order valence-corrected chi connectivity index (χ2v) is 11.5. The van der Waals surface area contributed by atoms with Gasteiger partial charge < -0.3 is 0 Å². The van der Waals surface area contributed by atoms with Gasteiger partial charge in [0.2, 0.25) is 0 Å². The summed E-state index contributed by atoms with van der Waals surface area (Å²) in [6, 6.07) is 31.6. The van der Waals surface area contributed by atoms with Crippen LogP contribution in [0.2, 0.25) is 0 Å². The standard InChI is InChI=1S/C33H34/c1-32(2,3)30-18-24-17-25-19-31(33(4,5)6)29(23-15-11-8-12-16-23)21-27(25)26(24)20-28(30)22-13-9-7-10-14-22/h7-16,18-21H,17H2,1-6H3. The summed E-state index contributed by atoms with van der Waals surface area (Å²) < 4.78 is 0. The Bertz CT molecular complexity index is 1210. The van der Waals surface area contributed by atoms with Crippen LogP contribution in [0.15, 0.2) is 84.9 Å². The van der Waals surface area contributed by atoms with Crippen molar-refractivity contribution in [2.24, 2.45) is 0 Å². The monoisotopic (exact) mass is 430 g/mol. The molecule has 0 bridgehead atoms. The minimum atomic E-state index is 0.0841. The lowest BCUT2D eigenvalue weighted by molar-refractivity contribution is 0.591. The van der Waals surface area contributed by atoms with Gasteiger partial charge in [0, 0.05) is 0 Å². The predicted molar refractivity (Wildman–Crippen MR) is 143 cm³/mol. The number of hydrogen-bond donors (Lipinski definition) is 0. The molecule has 0 nitrogen and oxygen atoms in total. The first-order valence-corrected chi connectivity index (χ1v) is 12.1. The summed E-state index contributed by atoms with van der Waals surface area (Å²) in [4.78, 5) is 0. The molecule has 0 spiro atoms. The molecule has 5 rings (SSSR count). The molecule has 0 heterocycles. The van der Waals surface area contributed by atoms with Gasteiger partial charge in [-0.3, -0.25) is 0 Å². The molecule has 166 valence electrons. The maximum absolute atomic E-state index is 2.48. The van der Waals surface area contributed by atoms with Gasteiger partial charge in [0.25, 0.3) is 0 Å². The second kappa shape index (κ2) is 7.73. The van der Waals surface area contributed by atoms with Crippen molar-refractivity contribution < 1.29 is 0 Å². The predicted octanol–water partition coefficient (Wildman–Crippen LogP) is 9.19. The number of benzene rings is 4. The van der Waals surface area contributed by atoms with E-state index >= 15 is 0 Å². The lowest BCUT2D eigenvalue weighted by Gasteiger charge is -2.25. The van der Waals surface area contributed by atoms with Crippen LogP contribution in [-0.2, 0) is 17.3 Å². The Morgan fingerprint density at radius 2 is 0.818 bits per heavy atom. The van der Waals surface area contributed by atoms with Crippen LogP contribution in [0.25, 0.3) is 33.4 Å². The zero-order valence-electron chi connectivity index (χ0n) is 20.8. The van der Waals surface area contributed by atoms with Crippen LogP contribution in [0.5, 0.6) is 0 Å². The molecule has 0 radical (unpaired) electrons. The normalized spacial score (nSPS) is 13.0. The summed E-state index contributed by atoms with van der Waals surface area (Å²) in [7, 11) is 0. The summed E-state index contributed by atoms with van der Waals surface area (Å²) in [6.07, 6.45) is 1.01. The van der Waals surface area contributed by atoms with E-state index in [0.717, 1.165) is 6.42 Å². The fraction of sp³-hybridized carbons (Fsp3) is 0.273. The molecule has 1 aliphatic carbocycles. The summed E-state index contributed by atoms with van der Waals surface area (Å²) in [5, 5.41) is 0. The van der Waals surface area contributed by atoms with Gasteiger partial charge in [-0.1, -0.05) is 114 Å². The van der Waals surface area contributed by atoms with Gasteiger partial charge in [-0.05, 0) is 85.0 Å². The Morgan fingerprint density at radius 3 is 1.15 bits per heavy atom. The van der Waals surface area contributed by atoms with Crippen LogP contribution in [-0.4, -0.2) is 0 Å². The lowest BCUT2D eigenvalue weighted by atomic mass is 9.79. The van der Waals surface area contributed by atoms with E-state index < -0.39 is 0 Å². The molecule has 4 aromatic carbocycles. The molecule has 0 amide bonds. The maximum Gasteiger partial charge on any atom is -0.00132 e. The van der Waals surface area contributed by atoms with E-state index in [4.69, 9.17) is 0 Å². The van der Waals surface area contributed by atoms with Crippen molar-refractivity contribution in [1.82, 2.24) is 0 Å². The summed E-state index contributed by atoms with van der Waals surface area (Å²) in [5.74, 6) is 0. The molecule has 33 heavy (non-hydrogen) atoms. The minimum absolute atomic E-state index is 0.0841. The number of fused-ring (bicyclic) bond motifs is 3. The first-order chi connectivity index (χ1) is 15.6. The van der Waals surface area contributed by atoms with E-state index in [1.54, 1.807) is 0 Å². The van der Waals surface area contributed by atoms with Crippen molar-refractivity contribution >= 4 is 0 Å². The summed E-state index contributed by atoms with van der Waals surface area (Å²) >= 11 is 0. The van der Waals surface area contributed by atoms with Crippen molar-refractivity contribution in [2.75, 3.05) is 0 Å². The molecule has 4 aromatic rings. The Hall–Kier alpha value is -3.12. The molecular weight excluding hydrogens is 396 g/mol. The van der Waals surface area contributed by atoms with E-state index in [-0.39, 0.29) is 10.8 Å². The number of rotatable bonds is 2. The van der Waals surface area contributed by atoms with Crippen LogP contribution < -0.4 is 0 Å². The van der Waals surface area contributed by atoms with Gasteiger partial charge >= 0.3 is 0 Å². The zero-order valence-corrected chi connectivity index (χ0v) is 20.8. The highest BCUT2D eigenvalue weighted by Gasteiger charge is 2.28. The SMILES string of the molecule is CC(C)(C)c1cc2c(cc1-c1ccccc1)-c1cc(-c3ccccc3)c(C(C)(C)C)cc1C2. The molecule has 0 aliphatic heterocycles. The molecule has 0 atom stereocenters. The smallest absolute Gasteiger partial charge is 0.00132 e. The fourth-order valence-electron chi connectivity index (χ4n) is 5.24. The zero-order chi connectivity index (χ0) is 23.4. The molecule has 0 fully saturated rings. The Balaban J connectivity index is 1.76. The first kappa shape index (κ1) is 21.7. The van der Waals surface area contributed by atoms with Gasteiger partial charge in [0.15, 0.2) is 0 Å². The van der Waals surface area contributed by atoms with Crippen LogP contribution in [0.3, 0.4) is 0 Å². The van der Waals surface area contributed by atoms with Crippen LogP contribution in [0.4, 0.5) is 0 Å². The maximum atomic E-state index is 2.48. The highest BCUT2D eigenvalue weighted by atomic mass is 14.3.